The van der Waals surface area contributed by atoms with Gasteiger partial charge in [0.05, 0.1) is 11.0 Å². The number of furan rings is 1. The summed E-state index contributed by atoms with van der Waals surface area (Å²) >= 11 is 0. The van der Waals surface area contributed by atoms with E-state index in [1.54, 1.807) is 0 Å². The molecule has 52 heavy (non-hydrogen) atoms. The molecular formula is C48H33N3O. The van der Waals surface area contributed by atoms with Gasteiger partial charge in [-0.2, -0.15) is 0 Å². The van der Waals surface area contributed by atoms with E-state index in [1.165, 1.54) is 74.0 Å². The molecule has 1 spiro atoms. The highest BCUT2D eigenvalue weighted by atomic mass is 16.3. The van der Waals surface area contributed by atoms with Gasteiger partial charge in [0, 0.05) is 27.1 Å². The van der Waals surface area contributed by atoms with Crippen LogP contribution in [0.4, 0.5) is 0 Å². The number of nitrogens with zero attached hydrogens (tertiary/aromatic N) is 3. The second-order valence-corrected chi connectivity index (χ2v) is 14.7. The summed E-state index contributed by atoms with van der Waals surface area (Å²) in [5.41, 5.74) is 12.2. The SMILES string of the molecule is c1ccc2c(c1)-c1c(c3c(c4ccccc14)c1ccccc1n3-c1nc(-c3cccc4ccccc34)c3oc4ccccc4c3n1)C21CCCCC1. The monoisotopic (exact) mass is 667 g/mol. The largest absolute Gasteiger partial charge is 0.452 e. The molecular weight excluding hydrogens is 635 g/mol. The highest BCUT2D eigenvalue weighted by molar-refractivity contribution is 6.27. The lowest BCUT2D eigenvalue weighted by atomic mass is 9.67. The molecule has 3 heterocycles. The minimum atomic E-state index is -0.0799. The van der Waals surface area contributed by atoms with Crippen molar-refractivity contribution in [2.75, 3.05) is 0 Å². The second kappa shape index (κ2) is 10.4. The fourth-order valence-electron chi connectivity index (χ4n) is 10.1. The highest BCUT2D eigenvalue weighted by Crippen LogP contribution is 2.60. The van der Waals surface area contributed by atoms with Gasteiger partial charge in [-0.3, -0.25) is 4.57 Å². The lowest BCUT2D eigenvalue weighted by molar-refractivity contribution is 0.354. The zero-order valence-electron chi connectivity index (χ0n) is 28.6. The molecule has 246 valence electrons. The molecule has 2 aliphatic carbocycles. The highest BCUT2D eigenvalue weighted by Gasteiger charge is 2.47. The van der Waals surface area contributed by atoms with Crippen molar-refractivity contribution in [1.82, 2.24) is 14.5 Å². The Hall–Kier alpha value is -6.26. The summed E-state index contributed by atoms with van der Waals surface area (Å²) in [5, 5.41) is 8.43. The summed E-state index contributed by atoms with van der Waals surface area (Å²) in [5.74, 6) is 0.674. The molecule has 4 heteroatoms. The Morgan fingerprint density at radius 3 is 2.12 bits per heavy atom. The van der Waals surface area contributed by atoms with Crippen molar-refractivity contribution in [2.45, 2.75) is 37.5 Å². The van der Waals surface area contributed by atoms with Crippen LogP contribution in [-0.4, -0.2) is 14.5 Å². The van der Waals surface area contributed by atoms with Crippen molar-refractivity contribution in [3.63, 3.8) is 0 Å². The van der Waals surface area contributed by atoms with E-state index in [1.807, 2.05) is 12.1 Å². The minimum Gasteiger partial charge on any atom is -0.452 e. The molecule has 0 saturated heterocycles. The topological polar surface area (TPSA) is 43.9 Å². The van der Waals surface area contributed by atoms with E-state index < -0.39 is 0 Å². The Morgan fingerprint density at radius 2 is 1.23 bits per heavy atom. The maximum atomic E-state index is 6.66. The number of hydrogen-bond acceptors (Lipinski definition) is 3. The molecule has 0 atom stereocenters. The first-order valence-electron chi connectivity index (χ1n) is 18.6. The molecule has 1 fully saturated rings. The van der Waals surface area contributed by atoms with Gasteiger partial charge in [0.25, 0.3) is 0 Å². The Bertz CT molecular complexity index is 3120. The third-order valence-electron chi connectivity index (χ3n) is 12.2. The minimum absolute atomic E-state index is 0.0799. The van der Waals surface area contributed by atoms with Crippen LogP contribution < -0.4 is 0 Å². The normalized spacial score (nSPS) is 15.1. The molecule has 0 unspecified atom stereocenters. The number of para-hydroxylation sites is 2. The van der Waals surface area contributed by atoms with Crippen LogP contribution in [0.15, 0.2) is 144 Å². The molecule has 2 aliphatic rings. The van der Waals surface area contributed by atoms with Crippen LogP contribution in [0.2, 0.25) is 0 Å². The van der Waals surface area contributed by atoms with Crippen LogP contribution in [0.3, 0.4) is 0 Å². The quantitative estimate of drug-likeness (QED) is 0.184. The zero-order chi connectivity index (χ0) is 34.0. The van der Waals surface area contributed by atoms with E-state index in [9.17, 15) is 0 Å². The van der Waals surface area contributed by atoms with Gasteiger partial charge in [-0.25, -0.2) is 9.97 Å². The first-order valence-corrected chi connectivity index (χ1v) is 18.6. The molecule has 4 nitrogen and oxygen atoms in total. The molecule has 7 aromatic carbocycles. The third kappa shape index (κ3) is 3.61. The average Bonchev–Trinajstić information content (AvgIpc) is 3.85. The Kier molecular flexibility index (Phi) is 5.69. The van der Waals surface area contributed by atoms with Crippen LogP contribution in [0.25, 0.3) is 93.8 Å². The van der Waals surface area contributed by atoms with Crippen molar-refractivity contribution in [3.8, 4) is 28.3 Å². The number of fused-ring (bicyclic) bond motifs is 16. The first kappa shape index (κ1) is 28.4. The predicted octanol–water partition coefficient (Wildman–Crippen LogP) is 12.7. The van der Waals surface area contributed by atoms with Gasteiger partial charge in [-0.05, 0) is 74.8 Å². The zero-order valence-corrected chi connectivity index (χ0v) is 28.6. The van der Waals surface area contributed by atoms with Gasteiger partial charge in [0.2, 0.25) is 5.95 Å². The Morgan fingerprint density at radius 1 is 0.558 bits per heavy atom. The smallest absolute Gasteiger partial charge is 0.236 e. The van der Waals surface area contributed by atoms with Crippen molar-refractivity contribution in [3.05, 3.63) is 151 Å². The molecule has 0 N–H and O–H groups in total. The Labute approximate surface area is 300 Å². The standard InChI is InChI=1S/C48H33N3O/c1-12-27-48(28-13-1)37-24-9-6-20-34(37)40-31-18-4-5-19-32(31)41-35-21-7-10-25-38(35)51(45(41)42(40)48)47-49-43(33-23-14-16-29-15-2-3-17-30(29)33)46-44(50-47)36-22-8-11-26-39(36)52-46/h2-11,14-26H,1,12-13,27-28H2. The lowest BCUT2D eigenvalue weighted by Gasteiger charge is -2.36. The van der Waals surface area contributed by atoms with Crippen molar-refractivity contribution in [1.29, 1.82) is 0 Å². The van der Waals surface area contributed by atoms with Crippen LogP contribution in [0.5, 0.6) is 0 Å². The van der Waals surface area contributed by atoms with E-state index in [-0.39, 0.29) is 5.41 Å². The molecule has 0 amide bonds. The molecule has 0 aliphatic heterocycles. The maximum Gasteiger partial charge on any atom is 0.236 e. The van der Waals surface area contributed by atoms with Crippen molar-refractivity contribution < 1.29 is 4.42 Å². The average molecular weight is 668 g/mol. The van der Waals surface area contributed by atoms with Gasteiger partial charge in [0.15, 0.2) is 5.58 Å². The summed E-state index contributed by atoms with van der Waals surface area (Å²) in [6, 6.07) is 50.4. The summed E-state index contributed by atoms with van der Waals surface area (Å²) in [6.45, 7) is 0. The summed E-state index contributed by atoms with van der Waals surface area (Å²) in [7, 11) is 0. The number of hydrogen-bond donors (Lipinski definition) is 0. The van der Waals surface area contributed by atoms with Gasteiger partial charge < -0.3 is 4.42 Å². The van der Waals surface area contributed by atoms with E-state index >= 15 is 0 Å². The van der Waals surface area contributed by atoms with E-state index in [2.05, 4.69) is 132 Å². The summed E-state index contributed by atoms with van der Waals surface area (Å²) < 4.78 is 9.07. The van der Waals surface area contributed by atoms with E-state index in [0.717, 1.165) is 51.5 Å². The van der Waals surface area contributed by atoms with Crippen molar-refractivity contribution in [2.24, 2.45) is 0 Å². The molecule has 1 saturated carbocycles. The molecule has 3 aromatic heterocycles. The lowest BCUT2D eigenvalue weighted by Crippen LogP contribution is -2.28. The molecule has 0 bridgehead atoms. The van der Waals surface area contributed by atoms with Crippen molar-refractivity contribution >= 4 is 65.4 Å². The third-order valence-corrected chi connectivity index (χ3v) is 12.2. The van der Waals surface area contributed by atoms with Crippen LogP contribution >= 0.6 is 0 Å². The number of aromatic nitrogens is 3. The van der Waals surface area contributed by atoms with Gasteiger partial charge in [0.1, 0.15) is 16.8 Å². The molecule has 10 aromatic rings. The van der Waals surface area contributed by atoms with Crippen LogP contribution in [0, 0.1) is 0 Å². The molecule has 12 rings (SSSR count). The maximum absolute atomic E-state index is 6.66. The summed E-state index contributed by atoms with van der Waals surface area (Å²) in [4.78, 5) is 11.1. The number of benzene rings is 7. The molecule has 0 radical (unpaired) electrons. The van der Waals surface area contributed by atoms with E-state index in [4.69, 9.17) is 14.4 Å². The summed E-state index contributed by atoms with van der Waals surface area (Å²) in [6.07, 6.45) is 5.99. The number of rotatable bonds is 2. The van der Waals surface area contributed by atoms with Gasteiger partial charge in [-0.1, -0.05) is 141 Å². The van der Waals surface area contributed by atoms with Gasteiger partial charge >= 0.3 is 0 Å². The first-order chi connectivity index (χ1) is 25.8. The van der Waals surface area contributed by atoms with Gasteiger partial charge in [-0.15, -0.1) is 0 Å². The van der Waals surface area contributed by atoms with Crippen LogP contribution in [-0.2, 0) is 5.41 Å². The second-order valence-electron chi connectivity index (χ2n) is 14.7. The fraction of sp³-hybridized carbons (Fsp3) is 0.125. The van der Waals surface area contributed by atoms with E-state index in [0.29, 0.717) is 11.5 Å². The Balaban J connectivity index is 1.31. The van der Waals surface area contributed by atoms with Crippen LogP contribution in [0.1, 0.15) is 43.2 Å². The fourth-order valence-corrected chi connectivity index (χ4v) is 10.1. The predicted molar refractivity (Wildman–Crippen MR) is 213 cm³/mol.